The van der Waals surface area contributed by atoms with Gasteiger partial charge < -0.3 is 15.3 Å². The van der Waals surface area contributed by atoms with Crippen molar-refractivity contribution in [2.75, 3.05) is 16.8 Å². The van der Waals surface area contributed by atoms with Gasteiger partial charge in [0.05, 0.1) is 0 Å². The van der Waals surface area contributed by atoms with E-state index in [2.05, 4.69) is 12.2 Å². The van der Waals surface area contributed by atoms with E-state index < -0.39 is 5.60 Å². The predicted octanol–water partition coefficient (Wildman–Crippen LogP) is 2.62. The summed E-state index contributed by atoms with van der Waals surface area (Å²) in [5, 5.41) is 13.2. The number of aliphatic hydroxyl groups is 1. The van der Waals surface area contributed by atoms with E-state index in [-0.39, 0.29) is 11.8 Å². The Balaban J connectivity index is 1.78. The summed E-state index contributed by atoms with van der Waals surface area (Å²) in [4.78, 5) is 26.2. The highest BCUT2D eigenvalue weighted by molar-refractivity contribution is 5.99. The number of carbonyl (C=O) groups excluding carboxylic acids is 2. The Morgan fingerprint density at radius 2 is 2.04 bits per heavy atom. The van der Waals surface area contributed by atoms with Crippen molar-refractivity contribution in [3.63, 3.8) is 0 Å². The van der Waals surface area contributed by atoms with Gasteiger partial charge in [-0.25, -0.2) is 0 Å². The van der Waals surface area contributed by atoms with Gasteiger partial charge >= 0.3 is 0 Å². The molecule has 124 valence electrons. The summed E-state index contributed by atoms with van der Waals surface area (Å²) in [6, 6.07) is 5.65. The average molecular weight is 316 g/mol. The average Bonchev–Trinajstić information content (AvgIpc) is 2.98. The Kier molecular flexibility index (Phi) is 4.39. The van der Waals surface area contributed by atoms with E-state index >= 15 is 0 Å². The lowest BCUT2D eigenvalue weighted by Gasteiger charge is -2.30. The number of amides is 2. The number of anilines is 2. The number of hydrogen-bond donors (Lipinski definition) is 2. The van der Waals surface area contributed by atoms with E-state index in [4.69, 9.17) is 0 Å². The molecule has 0 bridgehead atoms. The maximum atomic E-state index is 12.3. The zero-order chi connectivity index (χ0) is 16.4. The molecule has 23 heavy (non-hydrogen) atoms. The smallest absolute Gasteiger partial charge is 0.256 e. The van der Waals surface area contributed by atoms with Crippen LogP contribution in [0.2, 0.25) is 0 Å². The summed E-state index contributed by atoms with van der Waals surface area (Å²) >= 11 is 0. The van der Waals surface area contributed by atoms with Crippen LogP contribution < -0.4 is 10.2 Å². The lowest BCUT2D eigenvalue weighted by molar-refractivity contribution is -0.133. The highest BCUT2D eigenvalue weighted by atomic mass is 16.3. The molecule has 2 aliphatic rings. The highest BCUT2D eigenvalue weighted by Crippen LogP contribution is 2.33. The summed E-state index contributed by atoms with van der Waals surface area (Å²) in [6.07, 6.45) is 4.96. The molecule has 1 fully saturated rings. The molecule has 5 nitrogen and oxygen atoms in total. The van der Waals surface area contributed by atoms with Crippen molar-refractivity contribution >= 4 is 23.2 Å². The number of aryl methyl sites for hydroxylation is 1. The van der Waals surface area contributed by atoms with Crippen molar-refractivity contribution in [1.29, 1.82) is 0 Å². The van der Waals surface area contributed by atoms with E-state index in [1.807, 2.05) is 23.1 Å². The van der Waals surface area contributed by atoms with Crippen LogP contribution in [-0.4, -0.2) is 29.1 Å². The lowest BCUT2D eigenvalue weighted by Crippen LogP contribution is -2.40. The normalized spacial score (nSPS) is 19.6. The summed E-state index contributed by atoms with van der Waals surface area (Å²) in [7, 11) is 0. The number of benzene rings is 1. The molecule has 0 saturated heterocycles. The first kappa shape index (κ1) is 16.0. The molecule has 0 radical (unpaired) electrons. The Labute approximate surface area is 136 Å². The first-order chi connectivity index (χ1) is 11.0. The molecule has 2 amide bonds. The molecule has 1 aromatic carbocycles. The van der Waals surface area contributed by atoms with Crippen LogP contribution in [0.1, 0.15) is 51.0 Å². The number of fused-ring (bicyclic) bond motifs is 1. The van der Waals surface area contributed by atoms with Gasteiger partial charge in [-0.1, -0.05) is 6.92 Å². The Hall–Kier alpha value is -1.88. The highest BCUT2D eigenvalue weighted by Gasteiger charge is 2.38. The first-order valence-corrected chi connectivity index (χ1v) is 8.50. The second-order valence-corrected chi connectivity index (χ2v) is 6.58. The quantitative estimate of drug-likeness (QED) is 0.897. The van der Waals surface area contributed by atoms with Crippen LogP contribution in [0.3, 0.4) is 0 Å². The molecular weight excluding hydrogens is 292 g/mol. The molecule has 1 aliphatic carbocycles. The number of nitrogens with zero attached hydrogens (tertiary/aromatic N) is 1. The van der Waals surface area contributed by atoms with Gasteiger partial charge in [0, 0.05) is 24.3 Å². The van der Waals surface area contributed by atoms with Crippen molar-refractivity contribution in [3.05, 3.63) is 23.8 Å². The van der Waals surface area contributed by atoms with Gasteiger partial charge in [-0.05, 0) is 62.3 Å². The van der Waals surface area contributed by atoms with Crippen molar-refractivity contribution in [2.24, 2.45) is 0 Å². The van der Waals surface area contributed by atoms with Gasteiger partial charge in [0.2, 0.25) is 5.91 Å². The maximum absolute atomic E-state index is 12.3. The largest absolute Gasteiger partial charge is 0.380 e. The molecule has 0 aromatic heterocycles. The van der Waals surface area contributed by atoms with Crippen LogP contribution in [0.5, 0.6) is 0 Å². The minimum atomic E-state index is -1.22. The summed E-state index contributed by atoms with van der Waals surface area (Å²) in [5.41, 5.74) is 1.50. The van der Waals surface area contributed by atoms with E-state index in [0.29, 0.717) is 31.4 Å². The van der Waals surface area contributed by atoms with E-state index in [9.17, 15) is 14.7 Å². The fraction of sp³-hybridized carbons (Fsp3) is 0.556. The summed E-state index contributed by atoms with van der Waals surface area (Å²) < 4.78 is 0. The van der Waals surface area contributed by atoms with Crippen LogP contribution in [0.4, 0.5) is 11.4 Å². The van der Waals surface area contributed by atoms with E-state index in [1.165, 1.54) is 0 Å². The topological polar surface area (TPSA) is 69.6 Å². The third kappa shape index (κ3) is 3.11. The summed E-state index contributed by atoms with van der Waals surface area (Å²) in [6.45, 7) is 2.77. The van der Waals surface area contributed by atoms with Crippen LogP contribution in [0.15, 0.2) is 18.2 Å². The van der Waals surface area contributed by atoms with Crippen LogP contribution in [0.25, 0.3) is 0 Å². The Morgan fingerprint density at radius 1 is 1.30 bits per heavy atom. The monoisotopic (exact) mass is 316 g/mol. The molecule has 1 aromatic rings. The van der Waals surface area contributed by atoms with E-state index in [0.717, 1.165) is 37.1 Å². The molecular formula is C18H24N2O3. The van der Waals surface area contributed by atoms with Crippen LogP contribution in [-0.2, 0) is 16.0 Å². The molecule has 0 spiro atoms. The minimum absolute atomic E-state index is 0.163. The lowest BCUT2D eigenvalue weighted by atomic mass is 9.99. The van der Waals surface area contributed by atoms with Gasteiger partial charge in [-0.3, -0.25) is 9.59 Å². The zero-order valence-corrected chi connectivity index (χ0v) is 13.6. The van der Waals surface area contributed by atoms with Gasteiger partial charge in [0.1, 0.15) is 5.60 Å². The Bertz CT molecular complexity index is 621. The van der Waals surface area contributed by atoms with Gasteiger partial charge in [-0.15, -0.1) is 0 Å². The fourth-order valence-corrected chi connectivity index (χ4v) is 3.54. The van der Waals surface area contributed by atoms with E-state index in [1.54, 1.807) is 0 Å². The Morgan fingerprint density at radius 3 is 2.74 bits per heavy atom. The molecule has 5 heteroatoms. The number of carbonyl (C=O) groups is 2. The maximum Gasteiger partial charge on any atom is 0.256 e. The minimum Gasteiger partial charge on any atom is -0.380 e. The third-order valence-corrected chi connectivity index (χ3v) is 4.84. The zero-order valence-electron chi connectivity index (χ0n) is 13.6. The first-order valence-electron chi connectivity index (χ1n) is 8.50. The van der Waals surface area contributed by atoms with Crippen molar-refractivity contribution in [1.82, 2.24) is 0 Å². The second kappa shape index (κ2) is 6.32. The standard InChI is InChI=1S/C18H24N2O3/c1-2-11-20-15-7-6-14(12-13(15)5-8-16(20)21)19-17(22)18(23)9-3-4-10-18/h6-7,12,23H,2-5,8-11H2,1H3,(H,19,22). The van der Waals surface area contributed by atoms with Crippen LogP contribution >= 0.6 is 0 Å². The molecule has 3 rings (SSSR count). The van der Waals surface area contributed by atoms with Crippen LogP contribution in [0, 0.1) is 0 Å². The number of hydrogen-bond acceptors (Lipinski definition) is 3. The number of rotatable bonds is 4. The van der Waals surface area contributed by atoms with Crippen molar-refractivity contribution in [2.45, 2.75) is 57.5 Å². The van der Waals surface area contributed by atoms with Gasteiger partial charge in [0.25, 0.3) is 5.91 Å². The molecule has 1 aliphatic heterocycles. The molecule has 0 atom stereocenters. The molecule has 1 saturated carbocycles. The third-order valence-electron chi connectivity index (χ3n) is 4.84. The van der Waals surface area contributed by atoms with Crippen molar-refractivity contribution in [3.8, 4) is 0 Å². The predicted molar refractivity (Wildman–Crippen MR) is 89.5 cm³/mol. The fourth-order valence-electron chi connectivity index (χ4n) is 3.54. The molecule has 2 N–H and O–H groups in total. The summed E-state index contributed by atoms with van der Waals surface area (Å²) in [5.74, 6) is -0.149. The second-order valence-electron chi connectivity index (χ2n) is 6.58. The van der Waals surface area contributed by atoms with Crippen molar-refractivity contribution < 1.29 is 14.7 Å². The molecule has 1 heterocycles. The number of nitrogens with one attached hydrogen (secondary N) is 1. The van der Waals surface area contributed by atoms with Gasteiger partial charge in [0.15, 0.2) is 0 Å². The van der Waals surface area contributed by atoms with Gasteiger partial charge in [-0.2, -0.15) is 0 Å². The SMILES string of the molecule is CCCN1C(=O)CCc2cc(NC(=O)C3(O)CCCC3)ccc21. The molecule has 0 unspecified atom stereocenters.